The van der Waals surface area contributed by atoms with Crippen LogP contribution in [0.4, 0.5) is 0 Å². The highest BCUT2D eigenvalue weighted by Gasteiger charge is 2.14. The zero-order chi connectivity index (χ0) is 12.2. The Balaban J connectivity index is 1.51. The van der Waals surface area contributed by atoms with E-state index in [0.717, 1.165) is 13.1 Å². The lowest BCUT2D eigenvalue weighted by Gasteiger charge is -2.19. The first-order chi connectivity index (χ1) is 8.92. The van der Waals surface area contributed by atoms with Gasteiger partial charge in [-0.3, -0.25) is 4.90 Å². The number of fused-ring (bicyclic) bond motifs is 1. The molecule has 0 saturated carbocycles. The molecule has 0 fully saturated rings. The van der Waals surface area contributed by atoms with Gasteiger partial charge in [-0.25, -0.2) is 4.98 Å². The predicted octanol–water partition coefficient (Wildman–Crippen LogP) is 2.78. The van der Waals surface area contributed by atoms with E-state index in [-0.39, 0.29) is 0 Å². The molecule has 0 aromatic carbocycles. The van der Waals surface area contributed by atoms with E-state index in [9.17, 15) is 0 Å². The number of hydrogen-bond donors (Lipinski definition) is 0. The van der Waals surface area contributed by atoms with Gasteiger partial charge in [0.05, 0.1) is 6.33 Å². The molecule has 0 atom stereocenters. The molecule has 0 amide bonds. The molecule has 0 bridgehead atoms. The Bertz CT molecular complexity index is 475. The van der Waals surface area contributed by atoms with Gasteiger partial charge in [0.2, 0.25) is 0 Å². The number of aromatic nitrogens is 2. The van der Waals surface area contributed by atoms with Crippen molar-refractivity contribution < 1.29 is 0 Å². The normalized spacial score (nSPS) is 16.4. The van der Waals surface area contributed by atoms with Gasteiger partial charge >= 0.3 is 0 Å². The first kappa shape index (κ1) is 11.9. The van der Waals surface area contributed by atoms with Crippen molar-refractivity contribution in [3.63, 3.8) is 0 Å². The molecular formula is C14H19N3S. The van der Waals surface area contributed by atoms with Gasteiger partial charge < -0.3 is 4.57 Å². The van der Waals surface area contributed by atoms with Crippen LogP contribution in [0, 0.1) is 0 Å². The minimum absolute atomic E-state index is 1.08. The van der Waals surface area contributed by atoms with Gasteiger partial charge in [0.25, 0.3) is 0 Å². The van der Waals surface area contributed by atoms with Gasteiger partial charge in [-0.2, -0.15) is 0 Å². The van der Waals surface area contributed by atoms with E-state index in [0.29, 0.717) is 0 Å². The third kappa shape index (κ3) is 2.82. The summed E-state index contributed by atoms with van der Waals surface area (Å²) in [5.74, 6) is 0. The predicted molar refractivity (Wildman–Crippen MR) is 74.8 cm³/mol. The minimum atomic E-state index is 1.08. The van der Waals surface area contributed by atoms with E-state index in [4.69, 9.17) is 0 Å². The largest absolute Gasteiger partial charge is 0.337 e. The van der Waals surface area contributed by atoms with Crippen LogP contribution in [0.5, 0.6) is 0 Å². The molecule has 0 saturated heterocycles. The molecule has 0 spiro atoms. The minimum Gasteiger partial charge on any atom is -0.337 e. The molecular weight excluding hydrogens is 242 g/mol. The van der Waals surface area contributed by atoms with Gasteiger partial charge in [0, 0.05) is 36.9 Å². The lowest BCUT2D eigenvalue weighted by Crippen LogP contribution is -2.25. The van der Waals surface area contributed by atoms with Crippen LogP contribution in [0.1, 0.15) is 23.3 Å². The standard InChI is InChI=1S/C14H19N3S/c1-3-14-13(4-10-18-14)11-16(6-1)7-2-8-17-9-5-15-12-17/h4-5,9-10,12H,1-3,6-8,11H2. The molecule has 96 valence electrons. The number of rotatable bonds is 4. The maximum atomic E-state index is 4.08. The molecule has 2 aromatic heterocycles. The molecule has 4 heteroatoms. The molecule has 0 unspecified atom stereocenters. The maximum Gasteiger partial charge on any atom is 0.0945 e. The summed E-state index contributed by atoms with van der Waals surface area (Å²) in [5, 5.41) is 2.24. The highest BCUT2D eigenvalue weighted by Crippen LogP contribution is 2.23. The van der Waals surface area contributed by atoms with Crippen LogP contribution in [0.2, 0.25) is 0 Å². The fraction of sp³-hybridized carbons (Fsp3) is 0.500. The van der Waals surface area contributed by atoms with Crippen molar-refractivity contribution >= 4 is 11.3 Å². The van der Waals surface area contributed by atoms with Crippen LogP contribution < -0.4 is 0 Å². The average molecular weight is 261 g/mol. The molecule has 3 rings (SSSR count). The quantitative estimate of drug-likeness (QED) is 0.844. The Labute approximate surface area is 112 Å². The van der Waals surface area contributed by atoms with Crippen LogP contribution in [-0.4, -0.2) is 27.5 Å². The summed E-state index contributed by atoms with van der Waals surface area (Å²) in [6, 6.07) is 2.30. The molecule has 0 N–H and O–H groups in total. The van der Waals surface area contributed by atoms with E-state index >= 15 is 0 Å². The molecule has 0 radical (unpaired) electrons. The summed E-state index contributed by atoms with van der Waals surface area (Å²) in [6.45, 7) is 4.65. The fourth-order valence-electron chi connectivity index (χ4n) is 2.60. The summed E-state index contributed by atoms with van der Waals surface area (Å²) in [5.41, 5.74) is 1.56. The molecule has 18 heavy (non-hydrogen) atoms. The second-order valence-corrected chi connectivity index (χ2v) is 5.90. The SMILES string of the molecule is c1cn(CCCN2CCCc3sccc3C2)cn1. The van der Waals surface area contributed by atoms with Gasteiger partial charge in [0.1, 0.15) is 0 Å². The van der Waals surface area contributed by atoms with E-state index in [1.807, 2.05) is 30.1 Å². The summed E-state index contributed by atoms with van der Waals surface area (Å²) >= 11 is 1.92. The van der Waals surface area contributed by atoms with Gasteiger partial charge in [-0.1, -0.05) is 0 Å². The van der Waals surface area contributed by atoms with Crippen molar-refractivity contribution in [3.8, 4) is 0 Å². The zero-order valence-corrected chi connectivity index (χ0v) is 11.4. The Kier molecular flexibility index (Phi) is 3.76. The van der Waals surface area contributed by atoms with Crippen LogP contribution in [-0.2, 0) is 19.5 Å². The maximum absolute atomic E-state index is 4.08. The van der Waals surface area contributed by atoms with E-state index in [2.05, 4.69) is 25.9 Å². The molecule has 1 aliphatic rings. The fourth-order valence-corrected chi connectivity index (χ4v) is 3.54. The van der Waals surface area contributed by atoms with Crippen LogP contribution in [0.25, 0.3) is 0 Å². The summed E-state index contributed by atoms with van der Waals surface area (Å²) in [4.78, 5) is 8.27. The highest BCUT2D eigenvalue weighted by molar-refractivity contribution is 7.10. The Morgan fingerprint density at radius 2 is 2.33 bits per heavy atom. The van der Waals surface area contributed by atoms with Crippen molar-refractivity contribution in [2.24, 2.45) is 0 Å². The number of nitrogens with zero attached hydrogens (tertiary/aromatic N) is 3. The van der Waals surface area contributed by atoms with Crippen molar-refractivity contribution in [2.75, 3.05) is 13.1 Å². The summed E-state index contributed by atoms with van der Waals surface area (Å²) in [7, 11) is 0. The van der Waals surface area contributed by atoms with Crippen molar-refractivity contribution in [2.45, 2.75) is 32.4 Å². The Hall–Kier alpha value is -1.13. The van der Waals surface area contributed by atoms with Crippen LogP contribution in [0.3, 0.4) is 0 Å². The topological polar surface area (TPSA) is 21.1 Å². The Morgan fingerprint density at radius 3 is 3.22 bits per heavy atom. The molecule has 0 aliphatic carbocycles. The first-order valence-corrected chi connectivity index (χ1v) is 7.53. The second kappa shape index (κ2) is 5.67. The van der Waals surface area contributed by atoms with Crippen molar-refractivity contribution in [1.29, 1.82) is 0 Å². The van der Waals surface area contributed by atoms with Gasteiger partial charge in [0.15, 0.2) is 0 Å². The number of aryl methyl sites for hydroxylation is 2. The lowest BCUT2D eigenvalue weighted by atomic mass is 10.2. The van der Waals surface area contributed by atoms with Gasteiger partial charge in [-0.15, -0.1) is 11.3 Å². The van der Waals surface area contributed by atoms with Crippen molar-refractivity contribution in [1.82, 2.24) is 14.5 Å². The first-order valence-electron chi connectivity index (χ1n) is 6.65. The van der Waals surface area contributed by atoms with E-state index < -0.39 is 0 Å². The van der Waals surface area contributed by atoms with E-state index in [1.165, 1.54) is 32.4 Å². The smallest absolute Gasteiger partial charge is 0.0945 e. The highest BCUT2D eigenvalue weighted by atomic mass is 32.1. The summed E-state index contributed by atoms with van der Waals surface area (Å²) < 4.78 is 2.16. The van der Waals surface area contributed by atoms with Crippen LogP contribution >= 0.6 is 11.3 Å². The second-order valence-electron chi connectivity index (χ2n) is 4.90. The number of thiophene rings is 1. The third-order valence-electron chi connectivity index (χ3n) is 3.56. The monoisotopic (exact) mass is 261 g/mol. The van der Waals surface area contributed by atoms with E-state index in [1.54, 1.807) is 10.4 Å². The molecule has 3 nitrogen and oxygen atoms in total. The molecule has 1 aliphatic heterocycles. The van der Waals surface area contributed by atoms with Gasteiger partial charge in [-0.05, 0) is 42.8 Å². The number of hydrogen-bond acceptors (Lipinski definition) is 3. The van der Waals surface area contributed by atoms with Crippen LogP contribution in [0.15, 0.2) is 30.2 Å². The average Bonchev–Trinajstić information content (AvgIpc) is 2.99. The summed E-state index contributed by atoms with van der Waals surface area (Å²) in [6.07, 6.45) is 9.57. The third-order valence-corrected chi connectivity index (χ3v) is 4.58. The van der Waals surface area contributed by atoms with Crippen molar-refractivity contribution in [3.05, 3.63) is 40.6 Å². The lowest BCUT2D eigenvalue weighted by molar-refractivity contribution is 0.261. The molecule has 3 heterocycles. The Morgan fingerprint density at radius 1 is 1.33 bits per heavy atom. The molecule has 2 aromatic rings. The number of imidazole rings is 1. The zero-order valence-electron chi connectivity index (χ0n) is 10.6.